The number of amides is 1. The van der Waals surface area contributed by atoms with E-state index >= 15 is 0 Å². The van der Waals surface area contributed by atoms with E-state index in [1.54, 1.807) is 35.2 Å². The van der Waals surface area contributed by atoms with E-state index in [1.807, 2.05) is 43.3 Å². The van der Waals surface area contributed by atoms with Crippen LogP contribution in [0.25, 0.3) is 16.6 Å². The van der Waals surface area contributed by atoms with Crippen LogP contribution in [0.15, 0.2) is 83.7 Å². The van der Waals surface area contributed by atoms with Gasteiger partial charge in [-0.25, -0.2) is 9.37 Å². The van der Waals surface area contributed by atoms with Gasteiger partial charge < -0.3 is 4.90 Å². The molecule has 0 saturated heterocycles. The zero-order valence-corrected chi connectivity index (χ0v) is 21.9. The number of carbonyl (C=O) groups is 1. The first kappa shape index (κ1) is 26.6. The largest absolute Gasteiger partial charge is 0.331 e. The molecular weight excluding hydrogens is 489 g/mol. The lowest BCUT2D eigenvalue weighted by Gasteiger charge is -2.34. The summed E-state index contributed by atoms with van der Waals surface area (Å²) in [5.74, 6) is -0.202. The van der Waals surface area contributed by atoms with Crippen LogP contribution in [0.2, 0.25) is 0 Å². The fourth-order valence-electron chi connectivity index (χ4n) is 4.62. The zero-order chi connectivity index (χ0) is 26.4. The number of unbranched alkanes of at least 4 members (excludes halogenated alkanes) is 2. The van der Waals surface area contributed by atoms with E-state index in [9.17, 15) is 14.0 Å². The van der Waals surface area contributed by atoms with Crippen molar-refractivity contribution in [1.29, 1.82) is 0 Å². The molecule has 5 nitrogen and oxygen atoms in total. The fraction of sp³-hybridized carbons (Fsp3) is 0.300. The van der Waals surface area contributed by atoms with E-state index < -0.39 is 17.2 Å². The number of aromatic nitrogens is 2. The third kappa shape index (κ3) is 5.75. The molecule has 0 bridgehead atoms. The van der Waals surface area contributed by atoms with Crippen LogP contribution >= 0.6 is 11.6 Å². The molecule has 192 valence electrons. The summed E-state index contributed by atoms with van der Waals surface area (Å²) >= 11 is 6.73. The Hall–Kier alpha value is -3.51. The molecule has 1 heterocycles. The summed E-state index contributed by atoms with van der Waals surface area (Å²) in [6.07, 6.45) is 3.26. The van der Waals surface area contributed by atoms with Crippen molar-refractivity contribution in [3.05, 3.63) is 106 Å². The number of carbonyl (C=O) groups excluding carboxylic acids is 1. The highest BCUT2D eigenvalue weighted by Gasteiger charge is 2.32. The highest BCUT2D eigenvalue weighted by atomic mass is 35.5. The molecule has 4 rings (SSSR count). The maximum atomic E-state index is 13.9. The van der Waals surface area contributed by atoms with Crippen LogP contribution in [0.1, 0.15) is 62.3 Å². The summed E-state index contributed by atoms with van der Waals surface area (Å²) in [6.45, 7) is 4.55. The Morgan fingerprint density at radius 2 is 1.65 bits per heavy atom. The minimum absolute atomic E-state index is 0.233. The van der Waals surface area contributed by atoms with Crippen molar-refractivity contribution in [1.82, 2.24) is 14.5 Å². The van der Waals surface area contributed by atoms with Crippen LogP contribution < -0.4 is 5.56 Å². The number of rotatable bonds is 10. The van der Waals surface area contributed by atoms with Gasteiger partial charge in [0, 0.05) is 6.54 Å². The van der Waals surface area contributed by atoms with Crippen LogP contribution in [-0.4, -0.2) is 26.9 Å². The molecule has 37 heavy (non-hydrogen) atoms. The fourth-order valence-corrected chi connectivity index (χ4v) is 4.89. The molecule has 0 aliphatic carbocycles. The zero-order valence-electron chi connectivity index (χ0n) is 21.1. The lowest BCUT2D eigenvalue weighted by atomic mass is 10.1. The standard InChI is InChI=1S/C30H31ClFN3O2/c1-3-5-11-20-34(30(37)27(31)21-12-7-6-8-13-21)26(4-2)28-33-25-15-10-9-14-24(25)29(36)35(28)23-18-16-22(32)17-19-23/h6-10,12-19,26-27H,3-5,11,20H2,1-2H3. The van der Waals surface area contributed by atoms with Crippen molar-refractivity contribution < 1.29 is 9.18 Å². The third-order valence-corrected chi connectivity index (χ3v) is 6.98. The average molecular weight is 520 g/mol. The molecule has 4 aromatic rings. The monoisotopic (exact) mass is 519 g/mol. The van der Waals surface area contributed by atoms with Gasteiger partial charge in [0.15, 0.2) is 0 Å². The molecule has 1 amide bonds. The van der Waals surface area contributed by atoms with Gasteiger partial charge in [0.1, 0.15) is 17.0 Å². The predicted molar refractivity (Wildman–Crippen MR) is 147 cm³/mol. The molecule has 0 aliphatic rings. The Balaban J connectivity index is 1.88. The minimum Gasteiger partial charge on any atom is -0.331 e. The smallest absolute Gasteiger partial charge is 0.266 e. The molecule has 0 saturated carbocycles. The van der Waals surface area contributed by atoms with Crippen molar-refractivity contribution in [2.24, 2.45) is 0 Å². The number of hydrogen-bond donors (Lipinski definition) is 0. The number of nitrogens with zero attached hydrogens (tertiary/aromatic N) is 3. The lowest BCUT2D eigenvalue weighted by Crippen LogP contribution is -2.40. The highest BCUT2D eigenvalue weighted by molar-refractivity contribution is 6.30. The Bertz CT molecular complexity index is 1410. The number of para-hydroxylation sites is 1. The first-order chi connectivity index (χ1) is 18.0. The SMILES string of the molecule is CCCCCN(C(=O)C(Cl)c1ccccc1)C(CC)c1nc2ccccc2c(=O)n1-c1ccc(F)cc1. The van der Waals surface area contributed by atoms with E-state index in [0.717, 1.165) is 19.3 Å². The van der Waals surface area contributed by atoms with E-state index in [0.29, 0.717) is 40.9 Å². The van der Waals surface area contributed by atoms with Gasteiger partial charge in [-0.2, -0.15) is 0 Å². The van der Waals surface area contributed by atoms with Crippen molar-refractivity contribution in [3.63, 3.8) is 0 Å². The van der Waals surface area contributed by atoms with Crippen LogP contribution in [0, 0.1) is 5.82 Å². The molecule has 1 aromatic heterocycles. The number of fused-ring (bicyclic) bond motifs is 1. The maximum absolute atomic E-state index is 13.9. The molecular formula is C30H31ClFN3O2. The van der Waals surface area contributed by atoms with Crippen molar-refractivity contribution >= 4 is 28.4 Å². The Labute approximate surface area is 221 Å². The summed E-state index contributed by atoms with van der Waals surface area (Å²) in [7, 11) is 0. The maximum Gasteiger partial charge on any atom is 0.266 e. The Morgan fingerprint density at radius 3 is 2.32 bits per heavy atom. The molecule has 3 aromatic carbocycles. The number of halogens is 2. The Morgan fingerprint density at radius 1 is 0.973 bits per heavy atom. The summed E-state index contributed by atoms with van der Waals surface area (Å²) in [5.41, 5.74) is 1.49. The van der Waals surface area contributed by atoms with Gasteiger partial charge in [-0.3, -0.25) is 14.2 Å². The molecule has 2 unspecified atom stereocenters. The normalized spacial score (nSPS) is 12.9. The molecule has 7 heteroatoms. The molecule has 0 aliphatic heterocycles. The van der Waals surface area contributed by atoms with Crippen LogP contribution in [0.3, 0.4) is 0 Å². The lowest BCUT2D eigenvalue weighted by molar-refractivity contribution is -0.133. The van der Waals surface area contributed by atoms with Crippen LogP contribution in [0.4, 0.5) is 4.39 Å². The van der Waals surface area contributed by atoms with Gasteiger partial charge in [0.2, 0.25) is 5.91 Å². The number of alkyl halides is 1. The first-order valence-corrected chi connectivity index (χ1v) is 13.2. The summed E-state index contributed by atoms with van der Waals surface area (Å²) in [5, 5.41) is -0.419. The molecule has 0 spiro atoms. The van der Waals surface area contributed by atoms with E-state index in [1.165, 1.54) is 16.7 Å². The summed E-state index contributed by atoms with van der Waals surface area (Å²) < 4.78 is 15.3. The van der Waals surface area contributed by atoms with Crippen LogP contribution in [-0.2, 0) is 4.79 Å². The van der Waals surface area contributed by atoms with Crippen molar-refractivity contribution in [3.8, 4) is 5.69 Å². The molecule has 0 N–H and O–H groups in total. The van der Waals surface area contributed by atoms with Gasteiger partial charge in [-0.15, -0.1) is 11.6 Å². The van der Waals surface area contributed by atoms with Gasteiger partial charge in [0.25, 0.3) is 5.56 Å². The first-order valence-electron chi connectivity index (χ1n) is 12.7. The van der Waals surface area contributed by atoms with E-state index in [2.05, 4.69) is 6.92 Å². The van der Waals surface area contributed by atoms with Crippen molar-refractivity contribution in [2.45, 2.75) is 50.9 Å². The van der Waals surface area contributed by atoms with Gasteiger partial charge in [-0.1, -0.05) is 69.2 Å². The average Bonchev–Trinajstić information content (AvgIpc) is 2.93. The molecule has 0 fully saturated rings. The second-order valence-corrected chi connectivity index (χ2v) is 9.48. The predicted octanol–water partition coefficient (Wildman–Crippen LogP) is 6.97. The molecule has 2 atom stereocenters. The summed E-state index contributed by atoms with van der Waals surface area (Å²) in [6, 6.07) is 21.6. The number of hydrogen-bond acceptors (Lipinski definition) is 3. The quantitative estimate of drug-likeness (QED) is 0.168. The minimum atomic E-state index is -0.872. The Kier molecular flexibility index (Phi) is 8.72. The van der Waals surface area contributed by atoms with Gasteiger partial charge >= 0.3 is 0 Å². The second kappa shape index (κ2) is 12.2. The second-order valence-electron chi connectivity index (χ2n) is 9.04. The van der Waals surface area contributed by atoms with Crippen LogP contribution in [0.5, 0.6) is 0 Å². The number of benzene rings is 3. The third-order valence-electron chi connectivity index (χ3n) is 6.54. The highest BCUT2D eigenvalue weighted by Crippen LogP contribution is 2.31. The molecule has 0 radical (unpaired) electrons. The van der Waals surface area contributed by atoms with E-state index in [-0.39, 0.29) is 11.5 Å². The summed E-state index contributed by atoms with van der Waals surface area (Å²) in [4.78, 5) is 34.3. The van der Waals surface area contributed by atoms with Crippen molar-refractivity contribution in [2.75, 3.05) is 6.54 Å². The topological polar surface area (TPSA) is 55.2 Å². The van der Waals surface area contributed by atoms with Gasteiger partial charge in [0.05, 0.1) is 22.6 Å². The van der Waals surface area contributed by atoms with E-state index in [4.69, 9.17) is 16.6 Å². The van der Waals surface area contributed by atoms with Gasteiger partial charge in [-0.05, 0) is 54.8 Å².